The Bertz CT molecular complexity index is 601. The lowest BCUT2D eigenvalue weighted by atomic mass is 10.1. The molecule has 0 atom stereocenters. The van der Waals surface area contributed by atoms with Crippen molar-refractivity contribution in [3.63, 3.8) is 0 Å². The lowest BCUT2D eigenvalue weighted by molar-refractivity contribution is -0.385. The fraction of sp³-hybridized carbons (Fsp3) is 0.182. The number of carboxylic acids is 2. The second kappa shape index (κ2) is 6.79. The molecule has 1 aromatic rings. The van der Waals surface area contributed by atoms with Crippen LogP contribution in [-0.4, -0.2) is 51.0 Å². The number of halogens is 1. The van der Waals surface area contributed by atoms with Crippen LogP contribution in [0.1, 0.15) is 10.4 Å². The topological polar surface area (TPSA) is 138 Å². The first kappa shape index (κ1) is 16.6. The smallest absolute Gasteiger partial charge is 0.323 e. The molecule has 1 aromatic carbocycles. The molecule has 0 saturated heterocycles. The summed E-state index contributed by atoms with van der Waals surface area (Å²) in [5, 5.41) is 28.1. The maximum Gasteiger partial charge on any atom is 0.323 e. The molecule has 0 fully saturated rings. The van der Waals surface area contributed by atoms with E-state index in [4.69, 9.17) is 10.2 Å². The molecule has 21 heavy (non-hydrogen) atoms. The monoisotopic (exact) mass is 360 g/mol. The van der Waals surface area contributed by atoms with Gasteiger partial charge in [-0.1, -0.05) is 0 Å². The van der Waals surface area contributed by atoms with Gasteiger partial charge in [-0.2, -0.15) is 0 Å². The molecule has 0 unspecified atom stereocenters. The molecule has 0 saturated carbocycles. The molecular formula is C11H9BrN2O7. The zero-order valence-electron chi connectivity index (χ0n) is 10.4. The summed E-state index contributed by atoms with van der Waals surface area (Å²) < 4.78 is 0.145. The number of nitro groups is 1. The van der Waals surface area contributed by atoms with Gasteiger partial charge in [0.05, 0.1) is 9.40 Å². The molecule has 0 radical (unpaired) electrons. The van der Waals surface area contributed by atoms with Crippen LogP contribution < -0.4 is 0 Å². The SMILES string of the molecule is O=C(O)CN(CC(=O)O)C(=O)c1ccc(Br)c([N+](=O)[O-])c1. The minimum Gasteiger partial charge on any atom is -0.480 e. The minimum absolute atomic E-state index is 0.145. The van der Waals surface area contributed by atoms with E-state index in [1.54, 1.807) is 0 Å². The molecule has 0 aliphatic heterocycles. The average molecular weight is 361 g/mol. The van der Waals surface area contributed by atoms with Crippen molar-refractivity contribution in [2.45, 2.75) is 0 Å². The van der Waals surface area contributed by atoms with Crippen molar-refractivity contribution in [2.75, 3.05) is 13.1 Å². The van der Waals surface area contributed by atoms with Crippen molar-refractivity contribution in [3.05, 3.63) is 38.3 Å². The Labute approximate surface area is 126 Å². The first-order chi connectivity index (χ1) is 9.72. The van der Waals surface area contributed by atoms with Crippen LogP contribution in [0.25, 0.3) is 0 Å². The number of carboxylic acid groups (broad SMARTS) is 2. The third-order valence-corrected chi connectivity index (χ3v) is 3.00. The Morgan fingerprint density at radius 3 is 2.14 bits per heavy atom. The highest BCUT2D eigenvalue weighted by Gasteiger charge is 2.23. The summed E-state index contributed by atoms with van der Waals surface area (Å²) in [7, 11) is 0. The van der Waals surface area contributed by atoms with Gasteiger partial charge in [0, 0.05) is 11.6 Å². The largest absolute Gasteiger partial charge is 0.480 e. The molecule has 0 spiro atoms. The van der Waals surface area contributed by atoms with Gasteiger partial charge in [0.25, 0.3) is 11.6 Å². The molecule has 1 rings (SSSR count). The van der Waals surface area contributed by atoms with Crippen LogP contribution in [0.4, 0.5) is 5.69 Å². The van der Waals surface area contributed by atoms with Gasteiger partial charge in [0.15, 0.2) is 0 Å². The van der Waals surface area contributed by atoms with Crippen LogP contribution in [0.5, 0.6) is 0 Å². The van der Waals surface area contributed by atoms with Gasteiger partial charge >= 0.3 is 11.9 Å². The molecule has 1 amide bonds. The number of carbonyl (C=O) groups excluding carboxylic acids is 1. The van der Waals surface area contributed by atoms with Crippen LogP contribution in [0.3, 0.4) is 0 Å². The predicted molar refractivity (Wildman–Crippen MR) is 72.0 cm³/mol. The quantitative estimate of drug-likeness (QED) is 0.569. The molecule has 0 bridgehead atoms. The molecule has 0 aliphatic rings. The van der Waals surface area contributed by atoms with Crippen molar-refractivity contribution < 1.29 is 29.5 Å². The number of benzene rings is 1. The van der Waals surface area contributed by atoms with Crippen LogP contribution in [0.15, 0.2) is 22.7 Å². The Morgan fingerprint density at radius 2 is 1.71 bits per heavy atom. The third-order valence-electron chi connectivity index (χ3n) is 2.33. The van der Waals surface area contributed by atoms with Crippen molar-refractivity contribution in [1.82, 2.24) is 4.90 Å². The van der Waals surface area contributed by atoms with Gasteiger partial charge in [-0.05, 0) is 28.1 Å². The molecule has 0 aliphatic carbocycles. The third kappa shape index (κ3) is 4.53. The molecule has 2 N–H and O–H groups in total. The van der Waals surface area contributed by atoms with Crippen LogP contribution >= 0.6 is 15.9 Å². The summed E-state index contributed by atoms with van der Waals surface area (Å²) in [6.07, 6.45) is 0. The van der Waals surface area contributed by atoms with Crippen molar-refractivity contribution >= 4 is 39.5 Å². The summed E-state index contributed by atoms with van der Waals surface area (Å²) in [6, 6.07) is 3.43. The average Bonchev–Trinajstić information content (AvgIpc) is 2.36. The van der Waals surface area contributed by atoms with E-state index in [9.17, 15) is 24.5 Å². The van der Waals surface area contributed by atoms with E-state index in [1.165, 1.54) is 12.1 Å². The van der Waals surface area contributed by atoms with Gasteiger partial charge < -0.3 is 15.1 Å². The second-order valence-corrected chi connectivity index (χ2v) is 4.73. The number of hydrogen-bond acceptors (Lipinski definition) is 5. The fourth-order valence-electron chi connectivity index (χ4n) is 1.49. The Hall–Kier alpha value is -2.49. The molecule has 0 aromatic heterocycles. The fourth-order valence-corrected chi connectivity index (χ4v) is 1.89. The highest BCUT2D eigenvalue weighted by Crippen LogP contribution is 2.26. The standard InChI is InChI=1S/C11H9BrN2O7/c12-7-2-1-6(3-8(7)14(20)21)11(19)13(4-9(15)16)5-10(17)18/h1-3H,4-5H2,(H,15,16)(H,17,18). The van der Waals surface area contributed by atoms with Crippen molar-refractivity contribution in [2.24, 2.45) is 0 Å². The maximum absolute atomic E-state index is 12.1. The number of nitrogens with zero attached hydrogens (tertiary/aromatic N) is 2. The summed E-state index contributed by atoms with van der Waals surface area (Å²) in [5.41, 5.74) is -0.557. The molecular weight excluding hydrogens is 352 g/mol. The van der Waals surface area contributed by atoms with Gasteiger partial charge in [-0.15, -0.1) is 0 Å². The number of amides is 1. The van der Waals surface area contributed by atoms with Crippen LogP contribution in [0.2, 0.25) is 0 Å². The lowest BCUT2D eigenvalue weighted by Crippen LogP contribution is -2.39. The second-order valence-electron chi connectivity index (χ2n) is 3.87. The Kier molecular flexibility index (Phi) is 5.36. The predicted octanol–water partition coefficient (Wildman–Crippen LogP) is 0.969. The van der Waals surface area contributed by atoms with E-state index in [0.717, 1.165) is 6.07 Å². The first-order valence-corrected chi connectivity index (χ1v) is 6.18. The number of aliphatic carboxylic acids is 2. The van der Waals surface area contributed by atoms with E-state index < -0.39 is 35.9 Å². The Morgan fingerprint density at radius 1 is 1.19 bits per heavy atom. The highest BCUT2D eigenvalue weighted by atomic mass is 79.9. The summed E-state index contributed by atoms with van der Waals surface area (Å²) in [5.74, 6) is -3.71. The van der Waals surface area contributed by atoms with Gasteiger partial charge in [0.1, 0.15) is 13.1 Å². The number of hydrogen-bond donors (Lipinski definition) is 2. The first-order valence-electron chi connectivity index (χ1n) is 5.39. The highest BCUT2D eigenvalue weighted by molar-refractivity contribution is 9.10. The maximum atomic E-state index is 12.1. The zero-order valence-corrected chi connectivity index (χ0v) is 11.9. The molecule has 0 heterocycles. The normalized spacial score (nSPS) is 9.95. The van der Waals surface area contributed by atoms with Gasteiger partial charge in [-0.3, -0.25) is 24.5 Å². The van der Waals surface area contributed by atoms with E-state index in [-0.39, 0.29) is 15.7 Å². The van der Waals surface area contributed by atoms with E-state index in [1.807, 2.05) is 0 Å². The number of nitro benzene ring substituents is 1. The van der Waals surface area contributed by atoms with Crippen molar-refractivity contribution in [1.29, 1.82) is 0 Å². The minimum atomic E-state index is -1.39. The van der Waals surface area contributed by atoms with E-state index in [2.05, 4.69) is 15.9 Å². The number of rotatable bonds is 6. The summed E-state index contributed by atoms with van der Waals surface area (Å²) >= 11 is 2.94. The molecule has 10 heteroatoms. The molecule has 9 nitrogen and oxygen atoms in total. The van der Waals surface area contributed by atoms with Gasteiger partial charge in [-0.25, -0.2) is 0 Å². The lowest BCUT2D eigenvalue weighted by Gasteiger charge is -2.18. The van der Waals surface area contributed by atoms with Crippen LogP contribution in [-0.2, 0) is 9.59 Å². The van der Waals surface area contributed by atoms with E-state index in [0.29, 0.717) is 4.90 Å². The summed E-state index contributed by atoms with van der Waals surface area (Å²) in [6.45, 7) is -1.65. The zero-order chi connectivity index (χ0) is 16.2. The Balaban J connectivity index is 3.13. The number of carbonyl (C=O) groups is 3. The van der Waals surface area contributed by atoms with Gasteiger partial charge in [0.2, 0.25) is 0 Å². The summed E-state index contributed by atoms with van der Waals surface area (Å²) in [4.78, 5) is 44.0. The van der Waals surface area contributed by atoms with E-state index >= 15 is 0 Å². The van der Waals surface area contributed by atoms with Crippen LogP contribution in [0, 0.1) is 10.1 Å². The molecule has 112 valence electrons. The van der Waals surface area contributed by atoms with Crippen molar-refractivity contribution in [3.8, 4) is 0 Å².